The lowest BCUT2D eigenvalue weighted by Crippen LogP contribution is -2.09. The third-order valence-electron chi connectivity index (χ3n) is 2.01. The zero-order valence-corrected chi connectivity index (χ0v) is 11.3. The number of nitrogens with two attached hydrogens (primary N) is 1. The lowest BCUT2D eigenvalue weighted by Gasteiger charge is -2.08. The molecule has 3 N–H and O–H groups in total. The molecule has 6 heteroatoms. The van der Waals surface area contributed by atoms with Gasteiger partial charge < -0.3 is 10.2 Å². The lowest BCUT2D eigenvalue weighted by molar-refractivity contribution is 0.457. The Morgan fingerprint density at radius 2 is 2.06 bits per heavy atom. The Morgan fingerprint density at radius 3 is 2.76 bits per heavy atom. The van der Waals surface area contributed by atoms with Crippen LogP contribution in [0.1, 0.15) is 5.82 Å². The van der Waals surface area contributed by atoms with Crippen molar-refractivity contribution in [2.75, 3.05) is 5.43 Å². The smallest absolute Gasteiger partial charge is 0.224 e. The minimum atomic E-state index is 0.467. The van der Waals surface area contributed by atoms with Crippen LogP contribution in [0.3, 0.4) is 0 Å². The first-order valence-corrected chi connectivity index (χ1v) is 6.01. The Hall–Kier alpha value is -1.41. The second-order valence-electron chi connectivity index (χ2n) is 3.32. The Kier molecular flexibility index (Phi) is 3.75. The molecule has 5 nitrogen and oxygen atoms in total. The Bertz CT molecular complexity index is 533. The molecule has 0 aliphatic carbocycles. The summed E-state index contributed by atoms with van der Waals surface area (Å²) in [6, 6.07) is 9.36. The van der Waals surface area contributed by atoms with Crippen molar-refractivity contribution in [3.8, 4) is 11.6 Å². The van der Waals surface area contributed by atoms with Crippen molar-refractivity contribution in [2.24, 2.45) is 5.84 Å². The van der Waals surface area contributed by atoms with Gasteiger partial charge in [0.15, 0.2) is 0 Å². The lowest BCUT2D eigenvalue weighted by atomic mass is 10.3. The molecule has 0 unspecified atom stereocenters. The van der Waals surface area contributed by atoms with Gasteiger partial charge >= 0.3 is 0 Å². The van der Waals surface area contributed by atoms with E-state index in [9.17, 15) is 0 Å². The fourth-order valence-electron chi connectivity index (χ4n) is 1.31. The third-order valence-corrected chi connectivity index (χ3v) is 2.90. The van der Waals surface area contributed by atoms with Crippen molar-refractivity contribution in [2.45, 2.75) is 6.92 Å². The zero-order chi connectivity index (χ0) is 12.3. The number of benzene rings is 1. The van der Waals surface area contributed by atoms with Crippen LogP contribution in [0.2, 0.25) is 0 Å². The highest BCUT2D eigenvalue weighted by atomic mass is 127. The van der Waals surface area contributed by atoms with Gasteiger partial charge in [0, 0.05) is 6.07 Å². The number of rotatable bonds is 3. The van der Waals surface area contributed by atoms with Crippen LogP contribution in [0.25, 0.3) is 0 Å². The maximum Gasteiger partial charge on any atom is 0.224 e. The van der Waals surface area contributed by atoms with Crippen molar-refractivity contribution < 1.29 is 4.74 Å². The van der Waals surface area contributed by atoms with Crippen molar-refractivity contribution in [1.29, 1.82) is 0 Å². The molecule has 0 aliphatic rings. The molecule has 0 saturated carbocycles. The van der Waals surface area contributed by atoms with Crippen LogP contribution >= 0.6 is 22.6 Å². The van der Waals surface area contributed by atoms with Crippen LogP contribution in [0.4, 0.5) is 5.82 Å². The number of hydrazine groups is 1. The quantitative estimate of drug-likeness (QED) is 0.509. The maximum absolute atomic E-state index is 5.68. The Balaban J connectivity index is 2.30. The standard InChI is InChI=1S/C11H11IN4O/c1-7-14-10(16-13)6-11(15-7)17-9-5-3-2-4-8(9)12/h2-6H,13H2,1H3,(H,14,15,16). The third kappa shape index (κ3) is 3.04. The number of aromatic nitrogens is 2. The molecule has 88 valence electrons. The molecule has 0 amide bonds. The average molecular weight is 342 g/mol. The molecule has 0 bridgehead atoms. The Labute approximate surface area is 113 Å². The van der Waals surface area contributed by atoms with Gasteiger partial charge in [-0.05, 0) is 41.6 Å². The summed E-state index contributed by atoms with van der Waals surface area (Å²) < 4.78 is 6.70. The minimum absolute atomic E-state index is 0.467. The first-order valence-electron chi connectivity index (χ1n) is 4.94. The van der Waals surface area contributed by atoms with Gasteiger partial charge in [0.25, 0.3) is 0 Å². The van der Waals surface area contributed by atoms with Gasteiger partial charge in [-0.15, -0.1) is 0 Å². The van der Waals surface area contributed by atoms with E-state index in [1.165, 1.54) is 0 Å². The van der Waals surface area contributed by atoms with E-state index in [1.807, 2.05) is 24.3 Å². The number of anilines is 1. The summed E-state index contributed by atoms with van der Waals surface area (Å²) in [5.41, 5.74) is 2.48. The van der Waals surface area contributed by atoms with Crippen molar-refractivity contribution >= 4 is 28.4 Å². The number of nitrogen functional groups attached to an aromatic ring is 1. The number of nitrogens with one attached hydrogen (secondary N) is 1. The van der Waals surface area contributed by atoms with Gasteiger partial charge in [-0.2, -0.15) is 4.98 Å². The number of nitrogens with zero attached hydrogens (tertiary/aromatic N) is 2. The largest absolute Gasteiger partial charge is 0.438 e. The van der Waals surface area contributed by atoms with Gasteiger partial charge in [-0.3, -0.25) is 0 Å². The molecule has 1 aromatic carbocycles. The van der Waals surface area contributed by atoms with Gasteiger partial charge in [-0.25, -0.2) is 10.8 Å². The number of hydrogen-bond donors (Lipinski definition) is 2. The highest BCUT2D eigenvalue weighted by molar-refractivity contribution is 14.1. The first kappa shape index (κ1) is 12.1. The molecule has 0 radical (unpaired) electrons. The molecule has 0 spiro atoms. The van der Waals surface area contributed by atoms with E-state index in [0.29, 0.717) is 17.5 Å². The zero-order valence-electron chi connectivity index (χ0n) is 9.14. The fourth-order valence-corrected chi connectivity index (χ4v) is 1.80. The van der Waals surface area contributed by atoms with Crippen LogP contribution in [-0.4, -0.2) is 9.97 Å². The molecule has 2 aromatic rings. The van der Waals surface area contributed by atoms with Crippen LogP contribution < -0.4 is 16.0 Å². The molecule has 1 heterocycles. The fraction of sp³-hybridized carbons (Fsp3) is 0.0909. The molecule has 1 aromatic heterocycles. The number of aryl methyl sites for hydroxylation is 1. The SMILES string of the molecule is Cc1nc(NN)cc(Oc2ccccc2I)n1. The summed E-state index contributed by atoms with van der Waals surface area (Å²) in [6.45, 7) is 1.78. The van der Waals surface area contributed by atoms with Crippen LogP contribution in [0.5, 0.6) is 11.6 Å². The minimum Gasteiger partial charge on any atom is -0.438 e. The van der Waals surface area contributed by atoms with Crippen LogP contribution in [-0.2, 0) is 0 Å². The number of halogens is 1. The first-order chi connectivity index (χ1) is 8.19. The highest BCUT2D eigenvalue weighted by Gasteiger charge is 2.05. The molecular formula is C11H11IN4O. The summed E-state index contributed by atoms with van der Waals surface area (Å²) in [6.07, 6.45) is 0. The predicted octanol–water partition coefficient (Wildman–Crippen LogP) is 2.47. The normalized spacial score (nSPS) is 10.1. The van der Waals surface area contributed by atoms with E-state index >= 15 is 0 Å². The Morgan fingerprint density at radius 1 is 1.29 bits per heavy atom. The summed E-state index contributed by atoms with van der Waals surface area (Å²) in [7, 11) is 0. The summed E-state index contributed by atoms with van der Waals surface area (Å²) in [5.74, 6) is 7.66. The number of para-hydroxylation sites is 1. The topological polar surface area (TPSA) is 73.1 Å². The van der Waals surface area contributed by atoms with Gasteiger partial charge in [0.1, 0.15) is 17.4 Å². The summed E-state index contributed by atoms with van der Waals surface area (Å²) >= 11 is 2.21. The second-order valence-corrected chi connectivity index (χ2v) is 4.48. The molecule has 0 aliphatic heterocycles. The molecule has 17 heavy (non-hydrogen) atoms. The van der Waals surface area contributed by atoms with E-state index in [4.69, 9.17) is 10.6 Å². The molecule has 0 saturated heterocycles. The van der Waals surface area contributed by atoms with Gasteiger partial charge in [0.2, 0.25) is 5.88 Å². The van der Waals surface area contributed by atoms with Crippen molar-refractivity contribution in [1.82, 2.24) is 9.97 Å². The predicted molar refractivity (Wildman–Crippen MR) is 73.8 cm³/mol. The van der Waals surface area contributed by atoms with E-state index in [2.05, 4.69) is 38.0 Å². The van der Waals surface area contributed by atoms with Gasteiger partial charge in [-0.1, -0.05) is 12.1 Å². The molecule has 2 rings (SSSR count). The van der Waals surface area contributed by atoms with Crippen molar-refractivity contribution in [3.63, 3.8) is 0 Å². The van der Waals surface area contributed by atoms with E-state index in [0.717, 1.165) is 9.32 Å². The van der Waals surface area contributed by atoms with Crippen LogP contribution in [0.15, 0.2) is 30.3 Å². The summed E-state index contributed by atoms with van der Waals surface area (Å²) in [4.78, 5) is 8.27. The maximum atomic E-state index is 5.68. The van der Waals surface area contributed by atoms with E-state index in [1.54, 1.807) is 13.0 Å². The number of hydrogen-bond acceptors (Lipinski definition) is 5. The molecule has 0 fully saturated rings. The average Bonchev–Trinajstić information content (AvgIpc) is 2.31. The monoisotopic (exact) mass is 342 g/mol. The molecular weight excluding hydrogens is 331 g/mol. The van der Waals surface area contributed by atoms with Crippen LogP contribution in [0, 0.1) is 10.5 Å². The summed E-state index contributed by atoms with van der Waals surface area (Å²) in [5, 5.41) is 0. The van der Waals surface area contributed by atoms with Gasteiger partial charge in [0.05, 0.1) is 3.57 Å². The highest BCUT2D eigenvalue weighted by Crippen LogP contribution is 2.25. The van der Waals surface area contributed by atoms with Crippen molar-refractivity contribution in [3.05, 3.63) is 39.7 Å². The number of ether oxygens (including phenoxy) is 1. The van der Waals surface area contributed by atoms with E-state index in [-0.39, 0.29) is 0 Å². The molecule has 0 atom stereocenters. The van der Waals surface area contributed by atoms with E-state index < -0.39 is 0 Å². The second kappa shape index (κ2) is 5.28.